The zero-order valence-corrected chi connectivity index (χ0v) is 10.4. The standard InChI is InChI=1S/C12H14N2O2S/c1-9-4-5-11(17-9)12(15)13-6-2-3-10-7-14-16-8-10/h4-5,7-8H,2-3,6H2,1H3,(H,13,15). The van der Waals surface area contributed by atoms with E-state index in [-0.39, 0.29) is 5.91 Å². The molecule has 5 heteroatoms. The first-order valence-electron chi connectivity index (χ1n) is 5.48. The second-order valence-corrected chi connectivity index (χ2v) is 5.09. The number of hydrogen-bond acceptors (Lipinski definition) is 4. The van der Waals surface area contributed by atoms with E-state index >= 15 is 0 Å². The highest BCUT2D eigenvalue weighted by Gasteiger charge is 2.06. The monoisotopic (exact) mass is 250 g/mol. The van der Waals surface area contributed by atoms with Crippen molar-refractivity contribution in [3.63, 3.8) is 0 Å². The highest BCUT2D eigenvalue weighted by Crippen LogP contribution is 2.14. The molecular formula is C12H14N2O2S. The summed E-state index contributed by atoms with van der Waals surface area (Å²) in [5.74, 6) is 0.00780. The summed E-state index contributed by atoms with van der Waals surface area (Å²) < 4.78 is 4.73. The van der Waals surface area contributed by atoms with E-state index in [4.69, 9.17) is 4.52 Å². The molecule has 0 aliphatic carbocycles. The van der Waals surface area contributed by atoms with Crippen molar-refractivity contribution in [1.82, 2.24) is 10.5 Å². The Morgan fingerprint density at radius 3 is 3.06 bits per heavy atom. The third kappa shape index (κ3) is 3.42. The van der Waals surface area contributed by atoms with Gasteiger partial charge in [-0.05, 0) is 31.9 Å². The number of aromatic nitrogens is 1. The van der Waals surface area contributed by atoms with Crippen LogP contribution in [0.15, 0.2) is 29.1 Å². The Morgan fingerprint density at radius 1 is 1.53 bits per heavy atom. The summed E-state index contributed by atoms with van der Waals surface area (Å²) in [7, 11) is 0. The molecule has 2 rings (SSSR count). The summed E-state index contributed by atoms with van der Waals surface area (Å²) in [6.07, 6.45) is 5.08. The van der Waals surface area contributed by atoms with Crippen molar-refractivity contribution >= 4 is 17.2 Å². The second kappa shape index (κ2) is 5.63. The van der Waals surface area contributed by atoms with Gasteiger partial charge < -0.3 is 9.84 Å². The molecule has 0 saturated heterocycles. The molecule has 17 heavy (non-hydrogen) atoms. The summed E-state index contributed by atoms with van der Waals surface area (Å²) in [5, 5.41) is 6.52. The molecule has 1 N–H and O–H groups in total. The molecule has 0 aliphatic rings. The van der Waals surface area contributed by atoms with Gasteiger partial charge in [-0.3, -0.25) is 4.79 Å². The van der Waals surface area contributed by atoms with Gasteiger partial charge in [-0.1, -0.05) is 5.16 Å². The van der Waals surface area contributed by atoms with Crippen molar-refractivity contribution in [2.45, 2.75) is 19.8 Å². The molecule has 0 atom stereocenters. The predicted octanol–water partition coefficient (Wildman–Crippen LogP) is 2.41. The van der Waals surface area contributed by atoms with Crippen LogP contribution in [0.5, 0.6) is 0 Å². The van der Waals surface area contributed by atoms with Gasteiger partial charge in [0.2, 0.25) is 0 Å². The van der Waals surface area contributed by atoms with Gasteiger partial charge >= 0.3 is 0 Å². The Kier molecular flexibility index (Phi) is 3.93. The summed E-state index contributed by atoms with van der Waals surface area (Å²) in [5.41, 5.74) is 1.06. The normalized spacial score (nSPS) is 10.4. The van der Waals surface area contributed by atoms with E-state index in [1.54, 1.807) is 12.5 Å². The zero-order chi connectivity index (χ0) is 12.1. The number of hydrogen-bond donors (Lipinski definition) is 1. The Morgan fingerprint density at radius 2 is 2.41 bits per heavy atom. The van der Waals surface area contributed by atoms with Crippen molar-refractivity contribution in [1.29, 1.82) is 0 Å². The summed E-state index contributed by atoms with van der Waals surface area (Å²) in [6, 6.07) is 3.81. The number of carbonyl (C=O) groups is 1. The number of nitrogens with one attached hydrogen (secondary N) is 1. The highest BCUT2D eigenvalue weighted by molar-refractivity contribution is 7.13. The van der Waals surface area contributed by atoms with Crippen LogP contribution in [-0.2, 0) is 6.42 Å². The molecule has 2 heterocycles. The van der Waals surface area contributed by atoms with Crippen LogP contribution in [0, 0.1) is 6.92 Å². The third-order valence-electron chi connectivity index (χ3n) is 2.38. The number of nitrogens with zero attached hydrogens (tertiary/aromatic N) is 1. The summed E-state index contributed by atoms with van der Waals surface area (Å²) in [6.45, 7) is 2.66. The number of carbonyl (C=O) groups excluding carboxylic acids is 1. The second-order valence-electron chi connectivity index (χ2n) is 3.80. The van der Waals surface area contributed by atoms with E-state index in [9.17, 15) is 4.79 Å². The molecule has 1 amide bonds. The van der Waals surface area contributed by atoms with E-state index in [2.05, 4.69) is 10.5 Å². The largest absolute Gasteiger partial charge is 0.364 e. The number of thiophene rings is 1. The maximum absolute atomic E-state index is 11.7. The molecule has 0 aromatic carbocycles. The van der Waals surface area contributed by atoms with Gasteiger partial charge in [0.05, 0.1) is 11.1 Å². The van der Waals surface area contributed by atoms with Crippen LogP contribution >= 0.6 is 11.3 Å². The molecule has 2 aromatic rings. The average Bonchev–Trinajstić information content (AvgIpc) is 2.95. The van der Waals surface area contributed by atoms with Crippen molar-refractivity contribution in [2.24, 2.45) is 0 Å². The minimum absolute atomic E-state index is 0.00780. The number of rotatable bonds is 5. The van der Waals surface area contributed by atoms with Crippen molar-refractivity contribution in [2.75, 3.05) is 6.54 Å². The van der Waals surface area contributed by atoms with Gasteiger partial charge in [-0.15, -0.1) is 11.3 Å². The van der Waals surface area contributed by atoms with Gasteiger partial charge in [-0.2, -0.15) is 0 Å². The molecule has 0 unspecified atom stereocenters. The van der Waals surface area contributed by atoms with Crippen LogP contribution in [0.3, 0.4) is 0 Å². The molecule has 0 bridgehead atoms. The lowest BCUT2D eigenvalue weighted by atomic mass is 10.2. The molecule has 0 radical (unpaired) electrons. The first kappa shape index (κ1) is 11.9. The first-order chi connectivity index (χ1) is 8.25. The van der Waals surface area contributed by atoms with E-state index in [1.165, 1.54) is 11.3 Å². The van der Waals surface area contributed by atoms with Gasteiger partial charge in [0.1, 0.15) is 6.26 Å². The predicted molar refractivity (Wildman–Crippen MR) is 66.2 cm³/mol. The highest BCUT2D eigenvalue weighted by atomic mass is 32.1. The fourth-order valence-electron chi connectivity index (χ4n) is 1.49. The smallest absolute Gasteiger partial charge is 0.261 e. The molecule has 90 valence electrons. The molecule has 0 saturated carbocycles. The maximum Gasteiger partial charge on any atom is 0.261 e. The number of aryl methyl sites for hydroxylation is 2. The van der Waals surface area contributed by atoms with Gasteiger partial charge in [-0.25, -0.2) is 0 Å². The lowest BCUT2D eigenvalue weighted by molar-refractivity contribution is 0.0957. The fraction of sp³-hybridized carbons (Fsp3) is 0.333. The zero-order valence-electron chi connectivity index (χ0n) is 9.60. The lowest BCUT2D eigenvalue weighted by Crippen LogP contribution is -2.23. The Labute approximate surface area is 104 Å². The van der Waals surface area contributed by atoms with Crippen molar-refractivity contribution in [3.8, 4) is 0 Å². The molecular weight excluding hydrogens is 236 g/mol. The van der Waals surface area contributed by atoms with Crippen molar-refractivity contribution < 1.29 is 9.32 Å². The van der Waals surface area contributed by atoms with Gasteiger partial charge in [0.15, 0.2) is 0 Å². The van der Waals surface area contributed by atoms with Crippen LogP contribution in [0.25, 0.3) is 0 Å². The molecule has 0 spiro atoms. The van der Waals surface area contributed by atoms with Crippen LogP contribution in [0.2, 0.25) is 0 Å². The average molecular weight is 250 g/mol. The van der Waals surface area contributed by atoms with E-state index in [0.29, 0.717) is 6.54 Å². The minimum atomic E-state index is 0.00780. The molecule has 2 aromatic heterocycles. The topological polar surface area (TPSA) is 55.1 Å². The van der Waals surface area contributed by atoms with E-state index < -0.39 is 0 Å². The van der Waals surface area contributed by atoms with E-state index in [1.807, 2.05) is 19.1 Å². The van der Waals surface area contributed by atoms with Gasteiger partial charge in [0.25, 0.3) is 5.91 Å². The summed E-state index contributed by atoms with van der Waals surface area (Å²) in [4.78, 5) is 13.6. The fourth-order valence-corrected chi connectivity index (χ4v) is 2.27. The molecule has 0 aliphatic heterocycles. The molecule has 4 nitrogen and oxygen atoms in total. The van der Waals surface area contributed by atoms with Crippen LogP contribution in [0.4, 0.5) is 0 Å². The first-order valence-corrected chi connectivity index (χ1v) is 6.30. The molecule has 0 fully saturated rings. The van der Waals surface area contributed by atoms with Gasteiger partial charge in [0, 0.05) is 17.0 Å². The summed E-state index contributed by atoms with van der Waals surface area (Å²) >= 11 is 1.51. The van der Waals surface area contributed by atoms with Crippen LogP contribution in [-0.4, -0.2) is 17.6 Å². The quantitative estimate of drug-likeness (QED) is 0.829. The lowest BCUT2D eigenvalue weighted by Gasteiger charge is -2.02. The maximum atomic E-state index is 11.7. The van der Waals surface area contributed by atoms with Crippen molar-refractivity contribution in [3.05, 3.63) is 39.9 Å². The SMILES string of the molecule is Cc1ccc(C(=O)NCCCc2cnoc2)s1. The number of amides is 1. The van der Waals surface area contributed by atoms with Crippen LogP contribution in [0.1, 0.15) is 26.5 Å². The Bertz CT molecular complexity index is 476. The van der Waals surface area contributed by atoms with E-state index in [0.717, 1.165) is 28.2 Å². The Hall–Kier alpha value is -1.62. The third-order valence-corrected chi connectivity index (χ3v) is 3.37. The van der Waals surface area contributed by atoms with Crippen LogP contribution < -0.4 is 5.32 Å². The minimum Gasteiger partial charge on any atom is -0.364 e. The Balaban J connectivity index is 1.70.